The number of nitro groups is 1. The molecular formula is C7H7NO4Sn. The van der Waals surface area contributed by atoms with Crippen LogP contribution in [-0.2, 0) is 0 Å². The summed E-state index contributed by atoms with van der Waals surface area (Å²) in [5, 5.41) is 10.6. The molecule has 5 nitrogen and oxygen atoms in total. The Morgan fingerprint density at radius 2 is 2.00 bits per heavy atom. The van der Waals surface area contributed by atoms with Crippen molar-refractivity contribution in [2.75, 3.05) is 6.79 Å². The molecule has 0 saturated heterocycles. The maximum absolute atomic E-state index is 10.6. The molecule has 1 aromatic carbocycles. The number of nitro benzene ring substituents is 1. The molecule has 0 unspecified atom stereocenters. The van der Waals surface area contributed by atoms with Gasteiger partial charge in [0, 0.05) is 0 Å². The van der Waals surface area contributed by atoms with Crippen LogP contribution in [0.2, 0.25) is 0 Å². The average molecular weight is 288 g/mol. The van der Waals surface area contributed by atoms with Crippen LogP contribution in [0.5, 0.6) is 11.5 Å². The van der Waals surface area contributed by atoms with Crippen LogP contribution < -0.4 is 13.1 Å². The number of ether oxygens (including phenoxy) is 2. The van der Waals surface area contributed by atoms with Crippen molar-refractivity contribution < 1.29 is 14.4 Å². The zero-order valence-corrected chi connectivity index (χ0v) is 12.7. The fraction of sp³-hybridized carbons (Fsp3) is 0.143. The van der Waals surface area contributed by atoms with E-state index in [9.17, 15) is 10.1 Å². The molecule has 0 radical (unpaired) electrons. The van der Waals surface area contributed by atoms with Gasteiger partial charge in [-0.05, 0) is 0 Å². The Kier molecular flexibility index (Phi) is 2.03. The van der Waals surface area contributed by atoms with Gasteiger partial charge in [-0.25, -0.2) is 0 Å². The first-order valence-corrected chi connectivity index (χ1v) is 6.58. The second-order valence-corrected chi connectivity index (χ2v) is 5.82. The summed E-state index contributed by atoms with van der Waals surface area (Å²) in [5.41, 5.74) is 0.153. The van der Waals surface area contributed by atoms with E-state index < -0.39 is 0 Å². The van der Waals surface area contributed by atoms with Crippen LogP contribution in [0, 0.1) is 10.1 Å². The summed E-state index contributed by atoms with van der Waals surface area (Å²) in [6.45, 7) is 0.158. The van der Waals surface area contributed by atoms with Gasteiger partial charge in [0.05, 0.1) is 0 Å². The molecule has 0 bridgehead atoms. The molecule has 0 atom stereocenters. The van der Waals surface area contributed by atoms with E-state index in [2.05, 4.69) is 0 Å². The quantitative estimate of drug-likeness (QED) is 0.390. The van der Waals surface area contributed by atoms with Gasteiger partial charge in [-0.15, -0.1) is 0 Å². The molecule has 0 fully saturated rings. The van der Waals surface area contributed by atoms with E-state index in [1.165, 1.54) is 6.07 Å². The Hall–Kier alpha value is -0.981. The van der Waals surface area contributed by atoms with E-state index in [1.807, 2.05) is 0 Å². The van der Waals surface area contributed by atoms with Crippen molar-refractivity contribution in [3.63, 3.8) is 0 Å². The van der Waals surface area contributed by atoms with E-state index in [0.717, 1.165) is 3.58 Å². The summed E-state index contributed by atoms with van der Waals surface area (Å²) in [7, 11) is 0. The Bertz CT molecular complexity index is 379. The van der Waals surface area contributed by atoms with E-state index in [0.29, 0.717) is 11.5 Å². The van der Waals surface area contributed by atoms with Crippen molar-refractivity contribution in [1.82, 2.24) is 0 Å². The van der Waals surface area contributed by atoms with Gasteiger partial charge in [-0.3, -0.25) is 0 Å². The molecule has 68 valence electrons. The van der Waals surface area contributed by atoms with Gasteiger partial charge < -0.3 is 0 Å². The summed E-state index contributed by atoms with van der Waals surface area (Å²) >= 11 is 0.0915. The van der Waals surface area contributed by atoms with E-state index in [1.54, 1.807) is 6.07 Å². The first-order chi connectivity index (χ1) is 6.18. The molecule has 1 aromatic rings. The van der Waals surface area contributed by atoms with Gasteiger partial charge in [-0.2, -0.15) is 0 Å². The van der Waals surface area contributed by atoms with Crippen molar-refractivity contribution >= 4 is 31.8 Å². The number of hydrogen-bond acceptors (Lipinski definition) is 4. The molecule has 0 spiro atoms. The Labute approximate surface area is 86.9 Å². The Balaban J connectivity index is 2.55. The predicted octanol–water partition coefficient (Wildman–Crippen LogP) is -0.686. The molecule has 0 N–H and O–H groups in total. The van der Waals surface area contributed by atoms with Gasteiger partial charge in [-0.1, -0.05) is 0 Å². The Morgan fingerprint density at radius 3 is 2.62 bits per heavy atom. The Morgan fingerprint density at radius 1 is 1.38 bits per heavy atom. The summed E-state index contributed by atoms with van der Waals surface area (Å²) in [4.78, 5) is 10.2. The fourth-order valence-corrected chi connectivity index (χ4v) is 2.91. The molecular weight excluding hydrogens is 281 g/mol. The molecule has 0 aromatic heterocycles. The van der Waals surface area contributed by atoms with Crippen LogP contribution in [0.25, 0.3) is 0 Å². The molecule has 1 aliphatic rings. The van der Waals surface area contributed by atoms with Crippen LogP contribution in [0.3, 0.4) is 0 Å². The van der Waals surface area contributed by atoms with E-state index in [4.69, 9.17) is 9.47 Å². The molecule has 2 rings (SSSR count). The van der Waals surface area contributed by atoms with Gasteiger partial charge in [0.15, 0.2) is 0 Å². The molecule has 1 aliphatic heterocycles. The molecule has 13 heavy (non-hydrogen) atoms. The van der Waals surface area contributed by atoms with Crippen molar-refractivity contribution in [3.8, 4) is 11.5 Å². The van der Waals surface area contributed by atoms with Crippen molar-refractivity contribution in [3.05, 3.63) is 22.2 Å². The number of nitrogens with zero attached hydrogens (tertiary/aromatic N) is 1. The molecule has 6 heteroatoms. The average Bonchev–Trinajstić information content (AvgIpc) is 2.48. The van der Waals surface area contributed by atoms with Crippen LogP contribution in [0.15, 0.2) is 12.1 Å². The minimum absolute atomic E-state index is 0.0915. The SMILES string of the molecule is O=[N+]([O-])c1cc2c(c[c]1[SnH3])OCO2. The minimum atomic E-state index is -0.381. The summed E-state index contributed by atoms with van der Waals surface area (Å²) in [6, 6.07) is 3.14. The predicted molar refractivity (Wildman–Crippen MR) is 48.8 cm³/mol. The van der Waals surface area contributed by atoms with Crippen molar-refractivity contribution in [2.45, 2.75) is 0 Å². The third kappa shape index (κ3) is 1.43. The maximum atomic E-state index is 10.6. The van der Waals surface area contributed by atoms with E-state index >= 15 is 0 Å². The third-order valence-corrected chi connectivity index (χ3v) is 4.17. The van der Waals surface area contributed by atoms with Crippen LogP contribution in [0.1, 0.15) is 0 Å². The number of fused-ring (bicyclic) bond motifs is 1. The van der Waals surface area contributed by atoms with Gasteiger partial charge >= 0.3 is 86.7 Å². The molecule has 0 amide bonds. The van der Waals surface area contributed by atoms with Crippen molar-refractivity contribution in [1.29, 1.82) is 0 Å². The number of benzene rings is 1. The first-order valence-electron chi connectivity index (χ1n) is 3.73. The molecule has 0 saturated carbocycles. The molecule has 0 aliphatic carbocycles. The zero-order valence-electron chi connectivity index (χ0n) is 6.94. The fourth-order valence-electron chi connectivity index (χ4n) is 1.23. The standard InChI is InChI=1S/C7H4NO4.Sn.3H/c9-8(10)5-1-2-6-7(3-5)12-4-11-6;;;;/h2-3H,4H2;;;;. The normalized spacial score (nSPS) is 13.2. The third-order valence-electron chi connectivity index (χ3n) is 1.89. The second-order valence-electron chi connectivity index (χ2n) is 2.75. The summed E-state index contributed by atoms with van der Waals surface area (Å²) in [6.07, 6.45) is 0. The monoisotopic (exact) mass is 289 g/mol. The van der Waals surface area contributed by atoms with Crippen LogP contribution in [0.4, 0.5) is 5.69 Å². The zero-order chi connectivity index (χ0) is 9.42. The number of rotatable bonds is 1. The topological polar surface area (TPSA) is 61.6 Å². The van der Waals surface area contributed by atoms with E-state index in [-0.39, 0.29) is 39.9 Å². The van der Waals surface area contributed by atoms with Gasteiger partial charge in [0.2, 0.25) is 0 Å². The van der Waals surface area contributed by atoms with Crippen LogP contribution >= 0.6 is 0 Å². The second kappa shape index (κ2) is 3.06. The summed E-state index contributed by atoms with van der Waals surface area (Å²) < 4.78 is 10.9. The summed E-state index contributed by atoms with van der Waals surface area (Å²) in [5.74, 6) is 1.10. The first kappa shape index (κ1) is 8.61. The van der Waals surface area contributed by atoms with Gasteiger partial charge in [0.25, 0.3) is 0 Å². The van der Waals surface area contributed by atoms with Gasteiger partial charge in [0.1, 0.15) is 0 Å². The number of hydrogen-bond donors (Lipinski definition) is 0. The van der Waals surface area contributed by atoms with Crippen molar-refractivity contribution in [2.24, 2.45) is 0 Å². The molecule has 1 heterocycles. The van der Waals surface area contributed by atoms with Crippen LogP contribution in [-0.4, -0.2) is 34.2 Å².